The SMILES string of the molecule is Cc1ccc(S(=O)(=O)NC(C)(CO)CO)s1. The lowest BCUT2D eigenvalue weighted by Crippen LogP contribution is -2.51. The third-order valence-electron chi connectivity index (χ3n) is 2.06. The highest BCUT2D eigenvalue weighted by molar-refractivity contribution is 7.91. The third kappa shape index (κ3) is 3.02. The molecule has 0 aromatic carbocycles. The van der Waals surface area contributed by atoms with E-state index in [2.05, 4.69) is 4.72 Å². The Morgan fingerprint density at radius 3 is 2.31 bits per heavy atom. The third-order valence-corrected chi connectivity index (χ3v) is 5.19. The van der Waals surface area contributed by atoms with E-state index in [4.69, 9.17) is 10.2 Å². The van der Waals surface area contributed by atoms with Crippen molar-refractivity contribution in [2.24, 2.45) is 0 Å². The summed E-state index contributed by atoms with van der Waals surface area (Å²) >= 11 is 1.14. The van der Waals surface area contributed by atoms with Crippen LogP contribution in [0.3, 0.4) is 0 Å². The molecule has 0 amide bonds. The van der Waals surface area contributed by atoms with Gasteiger partial charge in [0.1, 0.15) is 4.21 Å². The first-order valence-electron chi connectivity index (χ1n) is 4.65. The zero-order chi connectivity index (χ0) is 12.4. The largest absolute Gasteiger partial charge is 0.394 e. The highest BCUT2D eigenvalue weighted by atomic mass is 32.2. The van der Waals surface area contributed by atoms with Crippen molar-refractivity contribution in [2.45, 2.75) is 23.6 Å². The maximum absolute atomic E-state index is 11.9. The molecule has 1 rings (SSSR count). The zero-order valence-electron chi connectivity index (χ0n) is 9.10. The maximum Gasteiger partial charge on any atom is 0.250 e. The molecule has 5 nitrogen and oxygen atoms in total. The van der Waals surface area contributed by atoms with Gasteiger partial charge in [-0.15, -0.1) is 11.3 Å². The minimum atomic E-state index is -3.67. The Labute approximate surface area is 98.8 Å². The molecule has 0 aliphatic rings. The van der Waals surface area contributed by atoms with Gasteiger partial charge >= 0.3 is 0 Å². The molecule has 1 heterocycles. The molecule has 0 saturated carbocycles. The molecule has 0 aliphatic heterocycles. The highest BCUT2D eigenvalue weighted by Crippen LogP contribution is 2.21. The van der Waals surface area contributed by atoms with Crippen LogP contribution in [0.5, 0.6) is 0 Å². The summed E-state index contributed by atoms with van der Waals surface area (Å²) in [5.41, 5.74) is -1.24. The Hall–Kier alpha value is -0.470. The van der Waals surface area contributed by atoms with Gasteiger partial charge in [0.25, 0.3) is 10.0 Å². The molecule has 1 aromatic heterocycles. The summed E-state index contributed by atoms with van der Waals surface area (Å²) < 4.78 is 26.2. The topological polar surface area (TPSA) is 86.6 Å². The van der Waals surface area contributed by atoms with Crippen molar-refractivity contribution in [1.29, 1.82) is 0 Å². The number of hydrogen-bond donors (Lipinski definition) is 3. The summed E-state index contributed by atoms with van der Waals surface area (Å²) in [5, 5.41) is 18.0. The molecule has 0 fully saturated rings. The molecule has 7 heteroatoms. The number of nitrogens with one attached hydrogen (secondary N) is 1. The van der Waals surface area contributed by atoms with Gasteiger partial charge in [-0.25, -0.2) is 8.42 Å². The fourth-order valence-electron chi connectivity index (χ4n) is 1.05. The fourth-order valence-corrected chi connectivity index (χ4v) is 3.72. The average Bonchev–Trinajstić information content (AvgIpc) is 2.65. The lowest BCUT2D eigenvalue weighted by Gasteiger charge is -2.25. The molecule has 1 aromatic rings. The van der Waals surface area contributed by atoms with Crippen molar-refractivity contribution < 1.29 is 18.6 Å². The van der Waals surface area contributed by atoms with Gasteiger partial charge in [0, 0.05) is 4.88 Å². The second-order valence-electron chi connectivity index (χ2n) is 3.85. The normalized spacial score (nSPS) is 13.0. The van der Waals surface area contributed by atoms with Gasteiger partial charge in [-0.05, 0) is 26.0 Å². The summed E-state index contributed by atoms with van der Waals surface area (Å²) in [6.45, 7) is 2.31. The molecule has 0 saturated heterocycles. The van der Waals surface area contributed by atoms with Crippen molar-refractivity contribution in [3.8, 4) is 0 Å². The average molecular weight is 265 g/mol. The molecule has 92 valence electrons. The van der Waals surface area contributed by atoms with Crippen LogP contribution >= 0.6 is 11.3 Å². The van der Waals surface area contributed by atoms with Gasteiger partial charge in [-0.2, -0.15) is 4.72 Å². The van der Waals surface area contributed by atoms with Crippen LogP contribution in [0.1, 0.15) is 11.8 Å². The van der Waals surface area contributed by atoms with E-state index in [-0.39, 0.29) is 4.21 Å². The minimum absolute atomic E-state index is 0.179. The summed E-state index contributed by atoms with van der Waals surface area (Å²) in [5.74, 6) is 0. The predicted octanol–water partition coefficient (Wildman–Crippen LogP) is 0.0781. The second-order valence-corrected chi connectivity index (χ2v) is 7.04. The van der Waals surface area contributed by atoms with Crippen LogP contribution in [0, 0.1) is 6.92 Å². The number of rotatable bonds is 5. The van der Waals surface area contributed by atoms with Gasteiger partial charge < -0.3 is 10.2 Å². The van der Waals surface area contributed by atoms with E-state index in [1.54, 1.807) is 13.0 Å². The first-order valence-corrected chi connectivity index (χ1v) is 6.95. The van der Waals surface area contributed by atoms with Crippen LogP contribution in [0.15, 0.2) is 16.3 Å². The molecule has 0 radical (unpaired) electrons. The van der Waals surface area contributed by atoms with Gasteiger partial charge in [-0.1, -0.05) is 0 Å². The van der Waals surface area contributed by atoms with Gasteiger partial charge in [0.15, 0.2) is 0 Å². The van der Waals surface area contributed by atoms with Crippen LogP contribution in [0.4, 0.5) is 0 Å². The number of aliphatic hydroxyl groups is 2. The molecule has 0 atom stereocenters. The second kappa shape index (κ2) is 4.80. The number of sulfonamides is 1. The number of aryl methyl sites for hydroxylation is 1. The molecule has 0 aliphatic carbocycles. The summed E-state index contributed by atoms with van der Waals surface area (Å²) in [4.78, 5) is 0.884. The molecule has 0 unspecified atom stereocenters. The van der Waals surface area contributed by atoms with E-state index in [1.165, 1.54) is 13.0 Å². The highest BCUT2D eigenvalue weighted by Gasteiger charge is 2.30. The monoisotopic (exact) mass is 265 g/mol. The first kappa shape index (κ1) is 13.6. The van der Waals surface area contributed by atoms with Crippen molar-refractivity contribution in [1.82, 2.24) is 4.72 Å². The Kier molecular flexibility index (Phi) is 4.08. The molecule has 0 bridgehead atoms. The molecule has 0 spiro atoms. The summed E-state index contributed by atoms with van der Waals surface area (Å²) in [6.07, 6.45) is 0. The Morgan fingerprint density at radius 1 is 1.38 bits per heavy atom. The van der Waals surface area contributed by atoms with Crippen molar-refractivity contribution in [3.05, 3.63) is 17.0 Å². The van der Waals surface area contributed by atoms with E-state index >= 15 is 0 Å². The fraction of sp³-hybridized carbons (Fsp3) is 0.556. The molecular weight excluding hydrogens is 250 g/mol. The molecular formula is C9H15NO4S2. The van der Waals surface area contributed by atoms with Crippen LogP contribution in [-0.2, 0) is 10.0 Å². The minimum Gasteiger partial charge on any atom is -0.394 e. The molecule has 16 heavy (non-hydrogen) atoms. The number of thiophene rings is 1. The maximum atomic E-state index is 11.9. The Bertz CT molecular complexity index is 448. The zero-order valence-corrected chi connectivity index (χ0v) is 10.7. The van der Waals surface area contributed by atoms with E-state index in [1.807, 2.05) is 0 Å². The van der Waals surface area contributed by atoms with Crippen molar-refractivity contribution in [2.75, 3.05) is 13.2 Å². The summed E-state index contributed by atoms with van der Waals surface area (Å²) in [7, 11) is -3.67. The number of aliphatic hydroxyl groups excluding tert-OH is 2. The predicted molar refractivity (Wildman–Crippen MR) is 62.0 cm³/mol. The van der Waals surface area contributed by atoms with Crippen LogP contribution in [0.2, 0.25) is 0 Å². The van der Waals surface area contributed by atoms with Crippen LogP contribution < -0.4 is 4.72 Å². The smallest absolute Gasteiger partial charge is 0.250 e. The standard InChI is InChI=1S/C9H15NO4S2/c1-7-3-4-8(15-7)16(13,14)10-9(2,5-11)6-12/h3-4,10-12H,5-6H2,1-2H3. The van der Waals surface area contributed by atoms with Gasteiger partial charge in [0.05, 0.1) is 18.8 Å². The van der Waals surface area contributed by atoms with E-state index in [0.29, 0.717) is 0 Å². The Balaban J connectivity index is 2.96. The summed E-state index contributed by atoms with van der Waals surface area (Å²) in [6, 6.07) is 3.20. The molecule has 3 N–H and O–H groups in total. The van der Waals surface area contributed by atoms with E-state index in [0.717, 1.165) is 16.2 Å². The number of hydrogen-bond acceptors (Lipinski definition) is 5. The quantitative estimate of drug-likeness (QED) is 0.703. The first-order chi connectivity index (χ1) is 7.33. The van der Waals surface area contributed by atoms with Crippen molar-refractivity contribution in [3.63, 3.8) is 0 Å². The lowest BCUT2D eigenvalue weighted by atomic mass is 10.1. The van der Waals surface area contributed by atoms with Gasteiger partial charge in [-0.3, -0.25) is 0 Å². The van der Waals surface area contributed by atoms with Crippen LogP contribution in [0.25, 0.3) is 0 Å². The van der Waals surface area contributed by atoms with E-state index < -0.39 is 28.8 Å². The lowest BCUT2D eigenvalue weighted by molar-refractivity contribution is 0.122. The van der Waals surface area contributed by atoms with E-state index in [9.17, 15) is 8.42 Å². The van der Waals surface area contributed by atoms with Crippen molar-refractivity contribution >= 4 is 21.4 Å². The van der Waals surface area contributed by atoms with Crippen LogP contribution in [-0.4, -0.2) is 37.4 Å². The Morgan fingerprint density at radius 2 is 1.94 bits per heavy atom. The van der Waals surface area contributed by atoms with Gasteiger partial charge in [0.2, 0.25) is 0 Å².